The second-order valence-electron chi connectivity index (χ2n) is 7.52. The average Bonchev–Trinajstić information content (AvgIpc) is 2.63. The van der Waals surface area contributed by atoms with E-state index in [-0.39, 0.29) is 24.9 Å². The van der Waals surface area contributed by atoms with E-state index in [1.54, 1.807) is 30.0 Å². The van der Waals surface area contributed by atoms with Gasteiger partial charge in [0.05, 0.1) is 17.1 Å². The molecule has 1 aromatic rings. The molecule has 6 nitrogen and oxygen atoms in total. The molecule has 3 atom stereocenters. The van der Waals surface area contributed by atoms with E-state index >= 15 is 0 Å². The molecule has 0 radical (unpaired) electrons. The van der Waals surface area contributed by atoms with Crippen LogP contribution in [-0.4, -0.2) is 47.3 Å². The molecule has 1 heterocycles. The van der Waals surface area contributed by atoms with Gasteiger partial charge in [-0.3, -0.25) is 9.59 Å². The second kappa shape index (κ2) is 7.97. The summed E-state index contributed by atoms with van der Waals surface area (Å²) in [5, 5.41) is 19.4. The summed E-state index contributed by atoms with van der Waals surface area (Å²) in [4.78, 5) is 26.5. The molecule has 2 N–H and O–H groups in total. The number of carbonyl (C=O) groups is 2. The number of hydrogen-bond donors (Lipinski definition) is 2. The molecule has 150 valence electrons. The van der Waals surface area contributed by atoms with Crippen molar-refractivity contribution in [3.05, 3.63) is 52.3 Å². The Morgan fingerprint density at radius 2 is 2.04 bits per heavy atom. The number of nitrogens with zero attached hydrogens (tertiary/aromatic N) is 1. The van der Waals surface area contributed by atoms with Crippen LogP contribution in [0.15, 0.2) is 41.1 Å². The molecule has 7 heteroatoms. The lowest BCUT2D eigenvalue weighted by molar-refractivity contribution is -0.135. The monoisotopic (exact) mass is 405 g/mol. The maximum absolute atomic E-state index is 13.2. The van der Waals surface area contributed by atoms with Gasteiger partial charge in [0.1, 0.15) is 25.0 Å². The van der Waals surface area contributed by atoms with E-state index in [9.17, 15) is 19.8 Å². The molecule has 28 heavy (non-hydrogen) atoms. The number of ether oxygens (including phenoxy) is 1. The average molecular weight is 406 g/mol. The molecule has 0 spiro atoms. The van der Waals surface area contributed by atoms with Crippen LogP contribution < -0.4 is 4.90 Å². The minimum atomic E-state index is -1.02. The largest absolute Gasteiger partial charge is 0.491 e. The molecule has 0 bridgehead atoms. The smallest absolute Gasteiger partial charge is 0.323 e. The van der Waals surface area contributed by atoms with Crippen LogP contribution in [0.3, 0.4) is 0 Å². The van der Waals surface area contributed by atoms with Gasteiger partial charge in [-0.2, -0.15) is 0 Å². The third-order valence-corrected chi connectivity index (χ3v) is 5.29. The number of aliphatic hydroxyl groups excluding tert-OH is 1. The Kier molecular flexibility index (Phi) is 5.82. The minimum Gasteiger partial charge on any atom is -0.491 e. The number of benzene rings is 1. The fourth-order valence-corrected chi connectivity index (χ4v) is 3.86. The van der Waals surface area contributed by atoms with E-state index < -0.39 is 24.0 Å². The number of carboxylic acids is 1. The Hall–Kier alpha value is -2.31. The molecule has 3 rings (SSSR count). The van der Waals surface area contributed by atoms with E-state index in [2.05, 4.69) is 0 Å². The van der Waals surface area contributed by atoms with Gasteiger partial charge in [-0.15, -0.1) is 0 Å². The number of anilines is 1. The fourth-order valence-electron chi connectivity index (χ4n) is 3.62. The molecule has 1 aliphatic heterocycles. The second-order valence-corrected chi connectivity index (χ2v) is 7.93. The van der Waals surface area contributed by atoms with E-state index in [0.717, 1.165) is 5.56 Å². The van der Waals surface area contributed by atoms with Crippen LogP contribution in [0.2, 0.25) is 0 Å². The predicted octanol–water partition coefficient (Wildman–Crippen LogP) is 3.30. The summed E-state index contributed by atoms with van der Waals surface area (Å²) in [7, 11) is 0. The normalized spacial score (nSPS) is 22.2. The fraction of sp³-hybridized carbons (Fsp3) is 0.429. The summed E-state index contributed by atoms with van der Waals surface area (Å²) in [6.07, 6.45) is 2.57. The molecule has 0 aromatic heterocycles. The minimum absolute atomic E-state index is 0.00337. The standard InChI is InChI=1S/C21H24ClNO5/c1-11(2)13-4-5-14-17(8-13)23(9-18(25)26)19-15(20(14)27)6-7-16(22)21(19)28-10-12(3)24/h4-8,11-12,15,19,24H,9-10H2,1-3H3,(H,25,26)/t12-,15?,19?/m1/s1. The van der Waals surface area contributed by atoms with Crippen molar-refractivity contribution in [2.75, 3.05) is 18.1 Å². The van der Waals surface area contributed by atoms with Gasteiger partial charge < -0.3 is 19.8 Å². The molecule has 0 amide bonds. The highest BCUT2D eigenvalue weighted by Crippen LogP contribution is 2.42. The molecule has 2 unspecified atom stereocenters. The van der Waals surface area contributed by atoms with Gasteiger partial charge in [-0.1, -0.05) is 37.6 Å². The lowest BCUT2D eigenvalue weighted by Crippen LogP contribution is -2.52. The van der Waals surface area contributed by atoms with E-state index in [1.807, 2.05) is 26.0 Å². The number of carbonyl (C=O) groups excluding carboxylic acids is 1. The first-order chi connectivity index (χ1) is 13.2. The summed E-state index contributed by atoms with van der Waals surface area (Å²) >= 11 is 6.35. The van der Waals surface area contributed by atoms with Crippen LogP contribution in [-0.2, 0) is 9.53 Å². The van der Waals surface area contributed by atoms with Crippen molar-refractivity contribution < 1.29 is 24.5 Å². The van der Waals surface area contributed by atoms with E-state index in [4.69, 9.17) is 16.3 Å². The molecule has 1 aromatic carbocycles. The maximum atomic E-state index is 13.2. The number of fused-ring (bicyclic) bond motifs is 2. The molecule has 2 aliphatic rings. The molecular weight excluding hydrogens is 382 g/mol. The lowest BCUT2D eigenvalue weighted by atomic mass is 9.80. The van der Waals surface area contributed by atoms with Gasteiger partial charge in [0.25, 0.3) is 0 Å². The molecule has 1 aliphatic carbocycles. The highest BCUT2D eigenvalue weighted by atomic mass is 35.5. The number of carboxylic acid groups (broad SMARTS) is 1. The number of halogens is 1. The third-order valence-electron chi connectivity index (χ3n) is 4.98. The van der Waals surface area contributed by atoms with Gasteiger partial charge in [0.2, 0.25) is 0 Å². The highest BCUT2D eigenvalue weighted by Gasteiger charge is 2.45. The van der Waals surface area contributed by atoms with Gasteiger partial charge in [-0.05, 0) is 36.6 Å². The number of allylic oxidation sites excluding steroid dienone is 2. The number of aliphatic carboxylic acids is 1. The Labute approximate surface area is 169 Å². The van der Waals surface area contributed by atoms with Crippen LogP contribution in [0.25, 0.3) is 0 Å². The Morgan fingerprint density at radius 3 is 2.64 bits per heavy atom. The van der Waals surface area contributed by atoms with Crippen LogP contribution in [0.5, 0.6) is 0 Å². The predicted molar refractivity (Wildman–Crippen MR) is 107 cm³/mol. The summed E-state index contributed by atoms with van der Waals surface area (Å²) in [6, 6.07) is 4.87. The van der Waals surface area contributed by atoms with Crippen LogP contribution in [0, 0.1) is 5.92 Å². The Bertz CT molecular complexity index is 858. The van der Waals surface area contributed by atoms with Gasteiger partial charge in [0.15, 0.2) is 5.78 Å². The first-order valence-electron chi connectivity index (χ1n) is 9.26. The quantitative estimate of drug-likeness (QED) is 0.755. The van der Waals surface area contributed by atoms with Crippen LogP contribution in [0.1, 0.15) is 42.6 Å². The molecular formula is C21H24ClNO5. The topological polar surface area (TPSA) is 87.1 Å². The first kappa shape index (κ1) is 20.4. The van der Waals surface area contributed by atoms with Crippen molar-refractivity contribution in [2.24, 2.45) is 5.92 Å². The number of rotatable bonds is 6. The van der Waals surface area contributed by atoms with Crippen molar-refractivity contribution in [3.63, 3.8) is 0 Å². The highest BCUT2D eigenvalue weighted by molar-refractivity contribution is 6.31. The van der Waals surface area contributed by atoms with Crippen LogP contribution >= 0.6 is 11.6 Å². The van der Waals surface area contributed by atoms with Crippen molar-refractivity contribution in [1.82, 2.24) is 0 Å². The van der Waals surface area contributed by atoms with E-state index in [1.165, 1.54) is 0 Å². The number of hydrogen-bond acceptors (Lipinski definition) is 5. The molecule has 0 saturated carbocycles. The van der Waals surface area contributed by atoms with Crippen LogP contribution in [0.4, 0.5) is 5.69 Å². The van der Waals surface area contributed by atoms with Gasteiger partial charge in [-0.25, -0.2) is 0 Å². The van der Waals surface area contributed by atoms with Crippen molar-refractivity contribution >= 4 is 29.0 Å². The number of ketones is 1. The molecule has 0 saturated heterocycles. The van der Waals surface area contributed by atoms with Crippen molar-refractivity contribution in [1.29, 1.82) is 0 Å². The number of aliphatic hydroxyl groups is 1. The van der Waals surface area contributed by atoms with Gasteiger partial charge >= 0.3 is 5.97 Å². The summed E-state index contributed by atoms with van der Waals surface area (Å²) in [5.74, 6) is -1.19. The third kappa shape index (κ3) is 3.80. The SMILES string of the molecule is CC(C)c1ccc2c(c1)N(CC(=O)O)C1C(OC[C@@H](C)O)=C(Cl)C=CC1C2=O. The van der Waals surface area contributed by atoms with Crippen molar-refractivity contribution in [2.45, 2.75) is 38.8 Å². The zero-order valence-corrected chi connectivity index (χ0v) is 16.8. The lowest BCUT2D eigenvalue weighted by Gasteiger charge is -2.43. The summed E-state index contributed by atoms with van der Waals surface area (Å²) < 4.78 is 5.74. The first-order valence-corrected chi connectivity index (χ1v) is 9.63. The molecule has 0 fully saturated rings. The Morgan fingerprint density at radius 1 is 1.32 bits per heavy atom. The van der Waals surface area contributed by atoms with E-state index in [0.29, 0.717) is 22.0 Å². The number of Topliss-reactive ketones (excluding diaryl/α,β-unsaturated/α-hetero) is 1. The van der Waals surface area contributed by atoms with Crippen molar-refractivity contribution in [3.8, 4) is 0 Å². The zero-order chi connectivity index (χ0) is 20.6. The zero-order valence-electron chi connectivity index (χ0n) is 16.1. The van der Waals surface area contributed by atoms with Gasteiger partial charge in [0, 0.05) is 11.3 Å². The maximum Gasteiger partial charge on any atom is 0.323 e. The summed E-state index contributed by atoms with van der Waals surface area (Å²) in [6.45, 7) is 5.34. The Balaban J connectivity index is 2.14. The summed E-state index contributed by atoms with van der Waals surface area (Å²) in [5.41, 5.74) is 2.07.